The van der Waals surface area contributed by atoms with Gasteiger partial charge in [0.2, 0.25) is 0 Å². The maximum absolute atomic E-state index is 3.58. The van der Waals surface area contributed by atoms with Crippen LogP contribution in [0.3, 0.4) is 0 Å². The third-order valence-electron chi connectivity index (χ3n) is 6.08. The second-order valence-electron chi connectivity index (χ2n) is 7.31. The van der Waals surface area contributed by atoms with E-state index in [1.165, 1.54) is 70.4 Å². The first-order chi connectivity index (χ1) is 10.4. The zero-order valence-corrected chi connectivity index (χ0v) is 13.1. The first-order valence-electron chi connectivity index (χ1n) is 8.92. The topological polar surface area (TPSA) is 15.3 Å². The molecule has 3 fully saturated rings. The van der Waals surface area contributed by atoms with Crippen LogP contribution >= 0.6 is 0 Å². The summed E-state index contributed by atoms with van der Waals surface area (Å²) in [7, 11) is 0. The van der Waals surface area contributed by atoms with Crippen LogP contribution in [-0.4, -0.2) is 37.6 Å². The molecule has 0 spiro atoms. The summed E-state index contributed by atoms with van der Waals surface area (Å²) in [5, 5.41) is 3.58. The van der Waals surface area contributed by atoms with Gasteiger partial charge in [-0.1, -0.05) is 24.3 Å². The van der Waals surface area contributed by atoms with E-state index in [-0.39, 0.29) is 0 Å². The van der Waals surface area contributed by atoms with Crippen LogP contribution in [0, 0.1) is 11.8 Å². The molecule has 2 saturated heterocycles. The highest BCUT2D eigenvalue weighted by molar-refractivity contribution is 5.27. The highest BCUT2D eigenvalue weighted by Gasteiger charge is 2.39. The maximum Gasteiger partial charge on any atom is 0.00218 e. The second-order valence-corrected chi connectivity index (χ2v) is 7.31. The molecule has 0 amide bonds. The molecule has 114 valence electrons. The van der Waals surface area contributed by atoms with E-state index in [2.05, 4.69) is 34.5 Å². The van der Waals surface area contributed by atoms with Gasteiger partial charge in [0, 0.05) is 6.54 Å². The lowest BCUT2D eigenvalue weighted by Gasteiger charge is -2.19. The number of nitrogens with one attached hydrogen (secondary N) is 1. The number of hydrogen-bond acceptors (Lipinski definition) is 2. The van der Waals surface area contributed by atoms with E-state index in [0.29, 0.717) is 0 Å². The summed E-state index contributed by atoms with van der Waals surface area (Å²) in [5.74, 6) is 2.67. The molecule has 3 unspecified atom stereocenters. The van der Waals surface area contributed by atoms with E-state index in [4.69, 9.17) is 0 Å². The fourth-order valence-corrected chi connectivity index (χ4v) is 4.79. The Kier molecular flexibility index (Phi) is 4.00. The molecule has 3 aliphatic rings. The van der Waals surface area contributed by atoms with Crippen molar-refractivity contribution in [3.05, 3.63) is 35.4 Å². The molecule has 0 bridgehead atoms. The molecule has 21 heavy (non-hydrogen) atoms. The van der Waals surface area contributed by atoms with Crippen molar-refractivity contribution in [3.63, 3.8) is 0 Å². The summed E-state index contributed by atoms with van der Waals surface area (Å²) >= 11 is 0. The zero-order valence-electron chi connectivity index (χ0n) is 13.1. The molecule has 2 aliphatic heterocycles. The van der Waals surface area contributed by atoms with Crippen molar-refractivity contribution in [3.8, 4) is 0 Å². The third-order valence-corrected chi connectivity index (χ3v) is 6.08. The lowest BCUT2D eigenvalue weighted by atomic mass is 9.86. The number of fused-ring (bicyclic) bond motifs is 1. The van der Waals surface area contributed by atoms with E-state index in [1.54, 1.807) is 5.56 Å². The fraction of sp³-hybridized carbons (Fsp3) is 0.684. The SMILES string of the molecule is c1cc(C2CCC3CNCC32)ccc1CCN1CCCC1. The Hall–Kier alpha value is -0.860. The van der Waals surface area contributed by atoms with Gasteiger partial charge in [-0.05, 0) is 87.2 Å². The second kappa shape index (κ2) is 6.10. The molecule has 0 radical (unpaired) electrons. The molecule has 2 nitrogen and oxygen atoms in total. The zero-order chi connectivity index (χ0) is 14.1. The Bertz CT molecular complexity index is 461. The van der Waals surface area contributed by atoms with Gasteiger partial charge >= 0.3 is 0 Å². The molecule has 2 heteroatoms. The minimum absolute atomic E-state index is 0.817. The highest BCUT2D eigenvalue weighted by atomic mass is 15.1. The molecule has 1 aliphatic carbocycles. The maximum atomic E-state index is 3.58. The van der Waals surface area contributed by atoms with Crippen molar-refractivity contribution < 1.29 is 0 Å². The first kappa shape index (κ1) is 13.8. The summed E-state index contributed by atoms with van der Waals surface area (Å²) in [4.78, 5) is 2.61. The number of nitrogens with zero attached hydrogens (tertiary/aromatic N) is 1. The van der Waals surface area contributed by atoms with Gasteiger partial charge in [-0.15, -0.1) is 0 Å². The average molecular weight is 284 g/mol. The predicted octanol–water partition coefficient (Wildman–Crippen LogP) is 3.04. The summed E-state index contributed by atoms with van der Waals surface area (Å²) < 4.78 is 0. The Balaban J connectivity index is 1.37. The fourth-order valence-electron chi connectivity index (χ4n) is 4.79. The number of benzene rings is 1. The van der Waals surface area contributed by atoms with Crippen molar-refractivity contribution >= 4 is 0 Å². The first-order valence-corrected chi connectivity index (χ1v) is 8.92. The molecule has 1 saturated carbocycles. The van der Waals surface area contributed by atoms with Crippen LogP contribution < -0.4 is 5.32 Å². The largest absolute Gasteiger partial charge is 0.316 e. The molecule has 1 aromatic rings. The summed E-state index contributed by atoms with van der Waals surface area (Å²) in [5.41, 5.74) is 3.11. The van der Waals surface area contributed by atoms with Crippen molar-refractivity contribution in [2.45, 2.75) is 38.0 Å². The Morgan fingerprint density at radius 1 is 1.00 bits per heavy atom. The van der Waals surface area contributed by atoms with Crippen LogP contribution in [0.2, 0.25) is 0 Å². The van der Waals surface area contributed by atoms with E-state index in [0.717, 1.165) is 17.8 Å². The minimum atomic E-state index is 0.817. The quantitative estimate of drug-likeness (QED) is 0.914. The van der Waals surface area contributed by atoms with Gasteiger partial charge < -0.3 is 10.2 Å². The van der Waals surface area contributed by atoms with Crippen LogP contribution in [0.1, 0.15) is 42.7 Å². The Labute approximate surface area is 128 Å². The van der Waals surface area contributed by atoms with Crippen LogP contribution in [0.15, 0.2) is 24.3 Å². The van der Waals surface area contributed by atoms with Gasteiger partial charge in [0.25, 0.3) is 0 Å². The van der Waals surface area contributed by atoms with Crippen molar-refractivity contribution in [2.24, 2.45) is 11.8 Å². The van der Waals surface area contributed by atoms with Gasteiger partial charge in [-0.25, -0.2) is 0 Å². The highest BCUT2D eigenvalue weighted by Crippen LogP contribution is 2.45. The Morgan fingerprint density at radius 2 is 1.81 bits per heavy atom. The normalized spacial score (nSPS) is 32.7. The average Bonchev–Trinajstić information content (AvgIpc) is 3.23. The van der Waals surface area contributed by atoms with Crippen LogP contribution in [0.25, 0.3) is 0 Å². The molecule has 4 rings (SSSR count). The number of likely N-dealkylation sites (tertiary alicyclic amines) is 1. The summed E-state index contributed by atoms with van der Waals surface area (Å²) in [6.07, 6.45) is 6.86. The molecular weight excluding hydrogens is 256 g/mol. The van der Waals surface area contributed by atoms with Gasteiger partial charge in [-0.3, -0.25) is 0 Å². The lowest BCUT2D eigenvalue weighted by molar-refractivity contribution is 0.343. The van der Waals surface area contributed by atoms with E-state index < -0.39 is 0 Å². The summed E-state index contributed by atoms with van der Waals surface area (Å²) in [6.45, 7) is 6.38. The summed E-state index contributed by atoms with van der Waals surface area (Å²) in [6, 6.07) is 9.62. The van der Waals surface area contributed by atoms with Gasteiger partial charge in [0.05, 0.1) is 0 Å². The predicted molar refractivity (Wildman–Crippen MR) is 87.6 cm³/mol. The monoisotopic (exact) mass is 284 g/mol. The van der Waals surface area contributed by atoms with Crippen LogP contribution in [0.4, 0.5) is 0 Å². The van der Waals surface area contributed by atoms with E-state index in [9.17, 15) is 0 Å². The molecule has 3 atom stereocenters. The van der Waals surface area contributed by atoms with Crippen LogP contribution in [-0.2, 0) is 6.42 Å². The Morgan fingerprint density at radius 3 is 2.62 bits per heavy atom. The molecule has 1 N–H and O–H groups in total. The number of rotatable bonds is 4. The molecule has 0 aromatic heterocycles. The molecule has 1 aromatic carbocycles. The van der Waals surface area contributed by atoms with Crippen LogP contribution in [0.5, 0.6) is 0 Å². The van der Waals surface area contributed by atoms with Gasteiger partial charge in [-0.2, -0.15) is 0 Å². The molecule has 2 heterocycles. The van der Waals surface area contributed by atoms with Crippen molar-refractivity contribution in [1.82, 2.24) is 10.2 Å². The van der Waals surface area contributed by atoms with Crippen molar-refractivity contribution in [1.29, 1.82) is 0 Å². The molecular formula is C19H28N2. The van der Waals surface area contributed by atoms with E-state index in [1.807, 2.05) is 0 Å². The third kappa shape index (κ3) is 2.89. The number of hydrogen-bond donors (Lipinski definition) is 1. The van der Waals surface area contributed by atoms with Crippen molar-refractivity contribution in [2.75, 3.05) is 32.7 Å². The smallest absolute Gasteiger partial charge is 0.00218 e. The standard InChI is InChI=1S/C19H28N2/c1-2-11-21(10-1)12-9-15-3-5-16(6-4-15)18-8-7-17-13-20-14-19(17)18/h3-6,17-20H,1-2,7-14H2. The van der Waals surface area contributed by atoms with E-state index >= 15 is 0 Å². The van der Waals surface area contributed by atoms with Gasteiger partial charge in [0.15, 0.2) is 0 Å². The van der Waals surface area contributed by atoms with Gasteiger partial charge in [0.1, 0.15) is 0 Å². The minimum Gasteiger partial charge on any atom is -0.316 e. The lowest BCUT2D eigenvalue weighted by Crippen LogP contribution is -2.21.